The van der Waals surface area contributed by atoms with Crippen molar-refractivity contribution in [2.45, 2.75) is 12.6 Å². The van der Waals surface area contributed by atoms with Crippen LogP contribution < -0.4 is 5.32 Å². The molecular weight excluding hydrogens is 252 g/mol. The fraction of sp³-hybridized carbons (Fsp3) is 0.455. The zero-order valence-electron chi connectivity index (χ0n) is 8.97. The molecule has 0 radical (unpaired) electrons. The van der Waals surface area contributed by atoms with Gasteiger partial charge in [-0.15, -0.1) is 11.6 Å². The normalized spacial score (nSPS) is 12.8. The zero-order valence-corrected chi connectivity index (χ0v) is 10.5. The third-order valence-electron chi connectivity index (χ3n) is 2.14. The number of ether oxygens (including phenoxy) is 1. The highest BCUT2D eigenvalue weighted by Gasteiger charge is 2.08. The van der Waals surface area contributed by atoms with Gasteiger partial charge in [0.1, 0.15) is 5.82 Å². The fourth-order valence-corrected chi connectivity index (χ4v) is 1.69. The number of methoxy groups -OCH3 is 1. The maximum atomic E-state index is 13.3. The second-order valence-corrected chi connectivity index (χ2v) is 4.17. The van der Waals surface area contributed by atoms with Crippen LogP contribution in [0.5, 0.6) is 0 Å². The zero-order chi connectivity index (χ0) is 12.0. The minimum absolute atomic E-state index is 0.00467. The van der Waals surface area contributed by atoms with E-state index in [1.165, 1.54) is 12.1 Å². The summed E-state index contributed by atoms with van der Waals surface area (Å²) >= 11 is 11.5. The first-order valence-electron chi connectivity index (χ1n) is 4.89. The van der Waals surface area contributed by atoms with E-state index in [1.54, 1.807) is 13.2 Å². The van der Waals surface area contributed by atoms with Gasteiger partial charge in [0.2, 0.25) is 0 Å². The summed E-state index contributed by atoms with van der Waals surface area (Å²) in [7, 11) is 1.60. The van der Waals surface area contributed by atoms with E-state index in [0.717, 1.165) is 0 Å². The van der Waals surface area contributed by atoms with Crippen LogP contribution >= 0.6 is 23.2 Å². The smallest absolute Gasteiger partial charge is 0.127 e. The van der Waals surface area contributed by atoms with Crippen LogP contribution in [-0.4, -0.2) is 25.6 Å². The lowest BCUT2D eigenvalue weighted by Gasteiger charge is -2.15. The van der Waals surface area contributed by atoms with Crippen molar-refractivity contribution in [3.8, 4) is 0 Å². The summed E-state index contributed by atoms with van der Waals surface area (Å²) in [6.45, 7) is 0.874. The van der Waals surface area contributed by atoms with Crippen LogP contribution in [0.15, 0.2) is 18.2 Å². The molecule has 0 spiro atoms. The molecule has 1 rings (SSSR count). The number of rotatable bonds is 6. The molecule has 0 fully saturated rings. The molecule has 1 atom stereocenters. The molecule has 1 unspecified atom stereocenters. The van der Waals surface area contributed by atoms with Gasteiger partial charge in [0.25, 0.3) is 0 Å². The van der Waals surface area contributed by atoms with Crippen molar-refractivity contribution in [3.05, 3.63) is 34.6 Å². The third kappa shape index (κ3) is 4.26. The molecule has 1 N–H and O–H groups in total. The largest absolute Gasteiger partial charge is 0.383 e. The Kier molecular flexibility index (Phi) is 6.06. The Morgan fingerprint density at radius 2 is 2.25 bits per heavy atom. The number of hydrogen-bond donors (Lipinski definition) is 1. The van der Waals surface area contributed by atoms with E-state index in [0.29, 0.717) is 29.6 Å². The van der Waals surface area contributed by atoms with Gasteiger partial charge in [-0.25, -0.2) is 4.39 Å². The molecule has 0 bridgehead atoms. The molecule has 0 heterocycles. The van der Waals surface area contributed by atoms with Gasteiger partial charge in [-0.05, 0) is 18.2 Å². The Labute approximate surface area is 105 Å². The van der Waals surface area contributed by atoms with Crippen LogP contribution in [0.3, 0.4) is 0 Å². The molecule has 16 heavy (non-hydrogen) atoms. The molecule has 5 heteroatoms. The van der Waals surface area contributed by atoms with Crippen LogP contribution in [0, 0.1) is 5.82 Å². The quantitative estimate of drug-likeness (QED) is 0.799. The first kappa shape index (κ1) is 13.7. The number of nitrogens with one attached hydrogen (secondary N) is 1. The van der Waals surface area contributed by atoms with Gasteiger partial charge >= 0.3 is 0 Å². The lowest BCUT2D eigenvalue weighted by Crippen LogP contribution is -2.34. The maximum Gasteiger partial charge on any atom is 0.127 e. The van der Waals surface area contributed by atoms with E-state index in [9.17, 15) is 4.39 Å². The molecule has 90 valence electrons. The van der Waals surface area contributed by atoms with Crippen molar-refractivity contribution < 1.29 is 9.13 Å². The molecule has 0 amide bonds. The Morgan fingerprint density at radius 3 is 2.88 bits per heavy atom. The summed E-state index contributed by atoms with van der Waals surface area (Å²) in [6.07, 6.45) is 0. The summed E-state index contributed by atoms with van der Waals surface area (Å²) in [5.74, 6) is 0.137. The SMILES string of the molecule is COCC(CCl)NCc1cc(Cl)ccc1F. The molecule has 2 nitrogen and oxygen atoms in total. The Balaban J connectivity index is 2.55. The van der Waals surface area contributed by atoms with Crippen molar-refractivity contribution in [1.82, 2.24) is 5.32 Å². The van der Waals surface area contributed by atoms with Crippen molar-refractivity contribution in [2.24, 2.45) is 0 Å². The van der Waals surface area contributed by atoms with Crippen LogP contribution in [0.2, 0.25) is 5.02 Å². The van der Waals surface area contributed by atoms with Gasteiger partial charge < -0.3 is 10.1 Å². The van der Waals surface area contributed by atoms with Crippen molar-refractivity contribution in [3.63, 3.8) is 0 Å². The summed E-state index contributed by atoms with van der Waals surface area (Å²) in [5, 5.41) is 3.62. The first-order valence-corrected chi connectivity index (χ1v) is 5.80. The van der Waals surface area contributed by atoms with Gasteiger partial charge in [0.05, 0.1) is 6.61 Å². The first-order chi connectivity index (χ1) is 7.67. The van der Waals surface area contributed by atoms with Crippen molar-refractivity contribution in [1.29, 1.82) is 0 Å². The molecular formula is C11H14Cl2FNO. The number of benzene rings is 1. The second kappa shape index (κ2) is 7.07. The van der Waals surface area contributed by atoms with Crippen LogP contribution in [-0.2, 0) is 11.3 Å². The highest BCUT2D eigenvalue weighted by molar-refractivity contribution is 6.30. The van der Waals surface area contributed by atoms with Crippen LogP contribution in [0.1, 0.15) is 5.56 Å². The highest BCUT2D eigenvalue weighted by atomic mass is 35.5. The van der Waals surface area contributed by atoms with E-state index in [4.69, 9.17) is 27.9 Å². The predicted molar refractivity (Wildman–Crippen MR) is 64.6 cm³/mol. The van der Waals surface area contributed by atoms with Gasteiger partial charge in [-0.3, -0.25) is 0 Å². The maximum absolute atomic E-state index is 13.3. The van der Waals surface area contributed by atoms with E-state index in [-0.39, 0.29) is 11.9 Å². The fourth-order valence-electron chi connectivity index (χ4n) is 1.29. The minimum atomic E-state index is -0.275. The Bertz CT molecular complexity index is 336. The predicted octanol–water partition coefficient (Wildman–Crippen LogP) is 2.82. The third-order valence-corrected chi connectivity index (χ3v) is 2.75. The monoisotopic (exact) mass is 265 g/mol. The molecule has 1 aromatic carbocycles. The minimum Gasteiger partial charge on any atom is -0.383 e. The lowest BCUT2D eigenvalue weighted by atomic mass is 10.2. The van der Waals surface area contributed by atoms with E-state index < -0.39 is 0 Å². The van der Waals surface area contributed by atoms with E-state index >= 15 is 0 Å². The van der Waals surface area contributed by atoms with Crippen molar-refractivity contribution in [2.75, 3.05) is 19.6 Å². The summed E-state index contributed by atoms with van der Waals surface area (Å²) < 4.78 is 18.3. The number of hydrogen-bond acceptors (Lipinski definition) is 2. The van der Waals surface area contributed by atoms with Crippen LogP contribution in [0.25, 0.3) is 0 Å². The van der Waals surface area contributed by atoms with E-state index in [2.05, 4.69) is 5.32 Å². The van der Waals surface area contributed by atoms with Gasteiger partial charge in [-0.2, -0.15) is 0 Å². The number of halogens is 3. The lowest BCUT2D eigenvalue weighted by molar-refractivity contribution is 0.172. The molecule has 1 aromatic rings. The molecule has 0 saturated heterocycles. The standard InChI is InChI=1S/C11H14Cl2FNO/c1-16-7-10(5-12)15-6-8-4-9(13)2-3-11(8)14/h2-4,10,15H,5-7H2,1H3. The molecule has 0 aliphatic heterocycles. The molecule has 0 aromatic heterocycles. The van der Waals surface area contributed by atoms with Crippen LogP contribution in [0.4, 0.5) is 4.39 Å². The second-order valence-electron chi connectivity index (χ2n) is 3.42. The Hall–Kier alpha value is -0.350. The summed E-state index contributed by atoms with van der Waals surface area (Å²) in [6, 6.07) is 4.48. The molecule has 0 aliphatic carbocycles. The van der Waals surface area contributed by atoms with Gasteiger partial charge in [0.15, 0.2) is 0 Å². The highest BCUT2D eigenvalue weighted by Crippen LogP contribution is 2.14. The van der Waals surface area contributed by atoms with Gasteiger partial charge in [0, 0.05) is 36.2 Å². The van der Waals surface area contributed by atoms with E-state index in [1.807, 2.05) is 0 Å². The van der Waals surface area contributed by atoms with Gasteiger partial charge in [-0.1, -0.05) is 11.6 Å². The average molecular weight is 266 g/mol. The average Bonchev–Trinajstić information content (AvgIpc) is 2.28. The Morgan fingerprint density at radius 1 is 1.50 bits per heavy atom. The summed E-state index contributed by atoms with van der Waals surface area (Å²) in [4.78, 5) is 0. The van der Waals surface area contributed by atoms with Crippen molar-refractivity contribution >= 4 is 23.2 Å². The summed E-state index contributed by atoms with van der Waals surface area (Å²) in [5.41, 5.74) is 0.527. The molecule has 0 saturated carbocycles. The number of alkyl halides is 1. The molecule has 0 aliphatic rings. The topological polar surface area (TPSA) is 21.3 Å².